The number of halogens is 1. The Balaban J connectivity index is 3.10. The molecule has 0 aliphatic heterocycles. The predicted octanol–water partition coefficient (Wildman–Crippen LogP) is 3.53. The lowest BCUT2D eigenvalue weighted by Gasteiger charge is -2.27. The number of nitrogens with one attached hydrogen (secondary N) is 1. The van der Waals surface area contributed by atoms with Crippen molar-refractivity contribution in [2.75, 3.05) is 11.9 Å². The minimum absolute atomic E-state index is 0.0126. The van der Waals surface area contributed by atoms with Crippen molar-refractivity contribution in [2.24, 2.45) is 11.3 Å². The van der Waals surface area contributed by atoms with Gasteiger partial charge in [-0.1, -0.05) is 27.7 Å². The van der Waals surface area contributed by atoms with E-state index in [2.05, 4.69) is 5.32 Å². The molecule has 0 aliphatic carbocycles. The van der Waals surface area contributed by atoms with E-state index in [0.29, 0.717) is 6.54 Å². The summed E-state index contributed by atoms with van der Waals surface area (Å²) in [6.07, 6.45) is 0. The van der Waals surface area contributed by atoms with Gasteiger partial charge in [-0.15, -0.1) is 0 Å². The molecular weight excluding hydrogens is 279 g/mol. The van der Waals surface area contributed by atoms with Gasteiger partial charge in [-0.05, 0) is 11.3 Å². The molecule has 0 aliphatic rings. The number of carboxylic acid groups (broad SMARTS) is 1. The molecule has 0 heterocycles. The number of nitro benzene ring substituents is 1. The molecule has 1 unspecified atom stereocenters. The number of carboxylic acids is 1. The molecule has 116 valence electrons. The molecule has 6 nitrogen and oxygen atoms in total. The van der Waals surface area contributed by atoms with Crippen LogP contribution in [0.3, 0.4) is 0 Å². The van der Waals surface area contributed by atoms with Crippen molar-refractivity contribution in [3.05, 3.63) is 33.6 Å². The molecule has 0 fully saturated rings. The number of nitrogens with zero attached hydrogens (tertiary/aromatic N) is 1. The van der Waals surface area contributed by atoms with Crippen LogP contribution in [0.5, 0.6) is 0 Å². The van der Waals surface area contributed by atoms with Crippen molar-refractivity contribution in [1.82, 2.24) is 0 Å². The molecule has 0 spiro atoms. The van der Waals surface area contributed by atoms with Crippen LogP contribution < -0.4 is 5.32 Å². The molecule has 0 amide bonds. The summed E-state index contributed by atoms with van der Waals surface area (Å²) < 4.78 is 13.7. The molecule has 0 aromatic heterocycles. The number of carbonyl (C=O) groups is 1. The van der Waals surface area contributed by atoms with E-state index in [-0.39, 0.29) is 17.0 Å². The highest BCUT2D eigenvalue weighted by Gasteiger charge is 2.24. The van der Waals surface area contributed by atoms with Crippen LogP contribution in [0.2, 0.25) is 0 Å². The van der Waals surface area contributed by atoms with Crippen molar-refractivity contribution < 1.29 is 19.2 Å². The monoisotopic (exact) mass is 298 g/mol. The maximum Gasteiger partial charge on any atom is 0.338 e. The van der Waals surface area contributed by atoms with E-state index in [4.69, 9.17) is 5.11 Å². The number of hydrogen-bond donors (Lipinski definition) is 2. The molecule has 0 saturated heterocycles. The van der Waals surface area contributed by atoms with Gasteiger partial charge in [0.15, 0.2) is 0 Å². The maximum atomic E-state index is 13.7. The van der Waals surface area contributed by atoms with Crippen LogP contribution in [-0.4, -0.2) is 22.5 Å². The molecule has 7 heteroatoms. The Morgan fingerprint density at radius 2 is 2.05 bits per heavy atom. The van der Waals surface area contributed by atoms with Gasteiger partial charge in [-0.3, -0.25) is 10.1 Å². The zero-order valence-corrected chi connectivity index (χ0v) is 12.4. The van der Waals surface area contributed by atoms with E-state index in [1.54, 1.807) is 0 Å². The normalized spacial score (nSPS) is 12.8. The van der Waals surface area contributed by atoms with Gasteiger partial charge < -0.3 is 10.4 Å². The SMILES string of the molecule is CC(CNc1cc(F)c(C(=O)O)cc1[N+](=O)[O-])C(C)(C)C. The maximum absolute atomic E-state index is 13.7. The minimum atomic E-state index is -1.54. The van der Waals surface area contributed by atoms with Crippen LogP contribution in [0.4, 0.5) is 15.8 Å². The Morgan fingerprint density at radius 1 is 1.48 bits per heavy atom. The highest BCUT2D eigenvalue weighted by Crippen LogP contribution is 2.30. The van der Waals surface area contributed by atoms with Gasteiger partial charge in [-0.2, -0.15) is 0 Å². The van der Waals surface area contributed by atoms with Crippen LogP contribution in [0.25, 0.3) is 0 Å². The third kappa shape index (κ3) is 4.14. The summed E-state index contributed by atoms with van der Waals surface area (Å²) >= 11 is 0. The second-order valence-corrected chi connectivity index (χ2v) is 6.06. The summed E-state index contributed by atoms with van der Waals surface area (Å²) in [6.45, 7) is 8.47. The van der Waals surface area contributed by atoms with Crippen molar-refractivity contribution >= 4 is 17.3 Å². The first-order valence-electron chi connectivity index (χ1n) is 6.49. The summed E-state index contributed by atoms with van der Waals surface area (Å²) in [5, 5.41) is 22.6. The number of rotatable bonds is 5. The second-order valence-electron chi connectivity index (χ2n) is 6.06. The Bertz CT molecular complexity index is 567. The summed E-state index contributed by atoms with van der Waals surface area (Å²) in [5.74, 6) is -2.36. The molecular formula is C14H19FN2O4. The Hall–Kier alpha value is -2.18. The van der Waals surface area contributed by atoms with Crippen LogP contribution in [0, 0.1) is 27.3 Å². The van der Waals surface area contributed by atoms with Crippen molar-refractivity contribution in [3.8, 4) is 0 Å². The van der Waals surface area contributed by atoms with E-state index >= 15 is 0 Å². The Labute approximate surface area is 122 Å². The van der Waals surface area contributed by atoms with Gasteiger partial charge in [-0.25, -0.2) is 9.18 Å². The van der Waals surface area contributed by atoms with Gasteiger partial charge in [0.2, 0.25) is 0 Å². The minimum Gasteiger partial charge on any atom is -0.478 e. The number of aromatic carboxylic acids is 1. The molecule has 1 aromatic carbocycles. The number of hydrogen-bond acceptors (Lipinski definition) is 4. The van der Waals surface area contributed by atoms with Crippen molar-refractivity contribution in [3.63, 3.8) is 0 Å². The van der Waals surface area contributed by atoms with Crippen LogP contribution in [0.1, 0.15) is 38.1 Å². The first-order valence-corrected chi connectivity index (χ1v) is 6.49. The molecule has 1 atom stereocenters. The fourth-order valence-corrected chi connectivity index (χ4v) is 1.59. The number of anilines is 1. The smallest absolute Gasteiger partial charge is 0.338 e. The van der Waals surface area contributed by atoms with E-state index in [1.165, 1.54) is 0 Å². The van der Waals surface area contributed by atoms with E-state index < -0.39 is 28.0 Å². The lowest BCUT2D eigenvalue weighted by Crippen LogP contribution is -2.25. The van der Waals surface area contributed by atoms with Crippen LogP contribution >= 0.6 is 0 Å². The Morgan fingerprint density at radius 3 is 2.48 bits per heavy atom. The number of benzene rings is 1. The van der Waals surface area contributed by atoms with E-state index in [1.807, 2.05) is 27.7 Å². The molecule has 0 saturated carbocycles. The summed E-state index contributed by atoms with van der Waals surface area (Å²) in [4.78, 5) is 21.1. The molecule has 0 bridgehead atoms. The topological polar surface area (TPSA) is 92.5 Å². The average Bonchev–Trinajstić information content (AvgIpc) is 2.33. The lowest BCUT2D eigenvalue weighted by molar-refractivity contribution is -0.384. The van der Waals surface area contributed by atoms with Gasteiger partial charge in [0.1, 0.15) is 17.1 Å². The fourth-order valence-electron chi connectivity index (χ4n) is 1.59. The first kappa shape index (κ1) is 16.9. The van der Waals surface area contributed by atoms with Gasteiger partial charge in [0, 0.05) is 18.7 Å². The fraction of sp³-hybridized carbons (Fsp3) is 0.500. The van der Waals surface area contributed by atoms with E-state index in [9.17, 15) is 19.3 Å². The molecule has 1 aromatic rings. The van der Waals surface area contributed by atoms with E-state index in [0.717, 1.165) is 12.1 Å². The largest absolute Gasteiger partial charge is 0.478 e. The van der Waals surface area contributed by atoms with Crippen molar-refractivity contribution in [2.45, 2.75) is 27.7 Å². The quantitative estimate of drug-likeness (QED) is 0.641. The molecule has 21 heavy (non-hydrogen) atoms. The zero-order chi connectivity index (χ0) is 16.4. The molecule has 1 rings (SSSR count). The molecule has 2 N–H and O–H groups in total. The highest BCUT2D eigenvalue weighted by molar-refractivity contribution is 5.90. The first-order chi connectivity index (χ1) is 9.54. The Kier molecular flexibility index (Phi) is 4.88. The predicted molar refractivity (Wildman–Crippen MR) is 77.1 cm³/mol. The third-order valence-corrected chi connectivity index (χ3v) is 3.59. The highest BCUT2D eigenvalue weighted by atomic mass is 19.1. The average molecular weight is 298 g/mol. The summed E-state index contributed by atoms with van der Waals surface area (Å²) in [7, 11) is 0. The standard InChI is InChI=1S/C14H19FN2O4/c1-8(14(2,3)4)7-16-11-6-10(15)9(13(18)19)5-12(11)17(20)21/h5-6,8,16H,7H2,1-4H3,(H,18,19). The van der Waals surface area contributed by atoms with Crippen molar-refractivity contribution in [1.29, 1.82) is 0 Å². The summed E-state index contributed by atoms with van der Waals surface area (Å²) in [5.41, 5.74) is -1.19. The lowest BCUT2D eigenvalue weighted by atomic mass is 9.82. The van der Waals surface area contributed by atoms with Crippen LogP contribution in [-0.2, 0) is 0 Å². The summed E-state index contributed by atoms with van der Waals surface area (Å²) in [6, 6.07) is 1.60. The number of nitro groups is 1. The van der Waals surface area contributed by atoms with Crippen LogP contribution in [0.15, 0.2) is 12.1 Å². The van der Waals surface area contributed by atoms with Gasteiger partial charge >= 0.3 is 5.97 Å². The zero-order valence-electron chi connectivity index (χ0n) is 12.4. The second kappa shape index (κ2) is 6.07. The van der Waals surface area contributed by atoms with Gasteiger partial charge in [0.25, 0.3) is 5.69 Å². The third-order valence-electron chi connectivity index (χ3n) is 3.59. The van der Waals surface area contributed by atoms with Gasteiger partial charge in [0.05, 0.1) is 4.92 Å². The molecule has 0 radical (unpaired) electrons.